The van der Waals surface area contributed by atoms with E-state index in [9.17, 15) is 9.18 Å². The van der Waals surface area contributed by atoms with E-state index >= 15 is 0 Å². The lowest BCUT2D eigenvalue weighted by atomic mass is 10.0. The maximum absolute atomic E-state index is 13.1. The highest BCUT2D eigenvalue weighted by Crippen LogP contribution is 2.43. The number of halogens is 2. The molecule has 4 rings (SSSR count). The minimum Gasteiger partial charge on any atom is -0.309 e. The molecule has 2 heterocycles. The van der Waals surface area contributed by atoms with Crippen molar-refractivity contribution in [2.75, 3.05) is 5.32 Å². The molecule has 0 bridgehead atoms. The molecule has 3 aromatic rings. The number of hydrogen-bond acceptors (Lipinski definition) is 3. The third-order valence-corrected chi connectivity index (χ3v) is 4.76. The van der Waals surface area contributed by atoms with E-state index in [2.05, 4.69) is 20.6 Å². The van der Waals surface area contributed by atoms with Crippen LogP contribution in [0.1, 0.15) is 36.4 Å². The number of rotatable bonds is 5. The van der Waals surface area contributed by atoms with Crippen LogP contribution in [0.3, 0.4) is 0 Å². The Balaban J connectivity index is 1.44. The Kier molecular flexibility index (Phi) is 4.24. The first kappa shape index (κ1) is 16.8. The van der Waals surface area contributed by atoms with Crippen molar-refractivity contribution >= 4 is 23.3 Å². The minimum absolute atomic E-state index is 0.124. The van der Waals surface area contributed by atoms with Gasteiger partial charge in [0.15, 0.2) is 5.82 Å². The lowest BCUT2D eigenvalue weighted by Crippen LogP contribution is -2.18. The van der Waals surface area contributed by atoms with Crippen molar-refractivity contribution in [3.8, 4) is 5.69 Å². The molecular weight excluding hydrogens is 357 g/mol. The number of anilines is 1. The van der Waals surface area contributed by atoms with Gasteiger partial charge >= 0.3 is 0 Å². The highest BCUT2D eigenvalue weighted by atomic mass is 35.5. The fraction of sp³-hybridized carbons (Fsp3) is 0.278. The molecule has 1 aromatic carbocycles. The first-order valence-corrected chi connectivity index (χ1v) is 8.70. The van der Waals surface area contributed by atoms with Crippen molar-refractivity contribution in [2.45, 2.75) is 31.4 Å². The zero-order valence-corrected chi connectivity index (χ0v) is 14.7. The predicted octanol–water partition coefficient (Wildman–Crippen LogP) is 3.82. The number of amides is 1. The van der Waals surface area contributed by atoms with Crippen LogP contribution in [0.25, 0.3) is 5.69 Å². The SMILES string of the molecule is C[C@@H](C(=O)Nc1cc([C@@H]2C[C@H]2F)[nH]n1)c1cnn(-c2cccc(Cl)c2)c1. The highest BCUT2D eigenvalue weighted by molar-refractivity contribution is 6.30. The van der Waals surface area contributed by atoms with E-state index < -0.39 is 12.1 Å². The van der Waals surface area contributed by atoms with Gasteiger partial charge in [-0.15, -0.1) is 0 Å². The third-order valence-electron chi connectivity index (χ3n) is 4.53. The quantitative estimate of drug-likeness (QED) is 0.714. The first-order valence-electron chi connectivity index (χ1n) is 8.32. The largest absolute Gasteiger partial charge is 0.309 e. The fourth-order valence-corrected chi connectivity index (χ4v) is 2.97. The first-order chi connectivity index (χ1) is 12.5. The monoisotopic (exact) mass is 373 g/mol. The number of aromatic nitrogens is 4. The van der Waals surface area contributed by atoms with Gasteiger partial charge < -0.3 is 5.32 Å². The van der Waals surface area contributed by atoms with Crippen molar-refractivity contribution < 1.29 is 9.18 Å². The maximum Gasteiger partial charge on any atom is 0.232 e. The van der Waals surface area contributed by atoms with Crippen molar-refractivity contribution in [1.82, 2.24) is 20.0 Å². The second kappa shape index (κ2) is 6.57. The van der Waals surface area contributed by atoms with Crippen molar-refractivity contribution in [1.29, 1.82) is 0 Å². The summed E-state index contributed by atoms with van der Waals surface area (Å²) in [5, 5.41) is 14.5. The smallest absolute Gasteiger partial charge is 0.232 e. The van der Waals surface area contributed by atoms with E-state index in [-0.39, 0.29) is 11.8 Å². The molecule has 134 valence electrons. The topological polar surface area (TPSA) is 75.6 Å². The summed E-state index contributed by atoms with van der Waals surface area (Å²) in [6, 6.07) is 8.99. The molecule has 1 aliphatic carbocycles. The van der Waals surface area contributed by atoms with Gasteiger partial charge in [0.1, 0.15) is 6.17 Å². The van der Waals surface area contributed by atoms with Gasteiger partial charge in [-0.2, -0.15) is 10.2 Å². The Morgan fingerprint density at radius 2 is 2.27 bits per heavy atom. The summed E-state index contributed by atoms with van der Waals surface area (Å²) in [5.74, 6) is -0.348. The van der Waals surface area contributed by atoms with Crippen LogP contribution in [0.2, 0.25) is 5.02 Å². The van der Waals surface area contributed by atoms with E-state index in [1.807, 2.05) is 12.1 Å². The van der Waals surface area contributed by atoms with Crippen LogP contribution < -0.4 is 5.32 Å². The summed E-state index contributed by atoms with van der Waals surface area (Å²) in [4.78, 5) is 12.5. The Hall–Kier alpha value is -2.67. The zero-order valence-electron chi connectivity index (χ0n) is 14.0. The Morgan fingerprint density at radius 3 is 3.00 bits per heavy atom. The molecule has 1 saturated carbocycles. The number of nitrogens with zero attached hydrogens (tertiary/aromatic N) is 3. The molecule has 2 N–H and O–H groups in total. The average molecular weight is 374 g/mol. The van der Waals surface area contributed by atoms with E-state index in [1.165, 1.54) is 0 Å². The summed E-state index contributed by atoms with van der Waals surface area (Å²) >= 11 is 6.00. The van der Waals surface area contributed by atoms with Crippen LogP contribution in [0.15, 0.2) is 42.7 Å². The summed E-state index contributed by atoms with van der Waals surface area (Å²) in [7, 11) is 0. The molecule has 0 saturated heterocycles. The van der Waals surface area contributed by atoms with Gasteiger partial charge in [0, 0.05) is 34.5 Å². The molecule has 1 amide bonds. The molecule has 2 aromatic heterocycles. The second-order valence-electron chi connectivity index (χ2n) is 6.48. The maximum atomic E-state index is 13.1. The lowest BCUT2D eigenvalue weighted by Gasteiger charge is -2.08. The molecule has 1 fully saturated rings. The van der Waals surface area contributed by atoms with Crippen LogP contribution in [0.5, 0.6) is 0 Å². The number of hydrogen-bond donors (Lipinski definition) is 2. The van der Waals surface area contributed by atoms with Gasteiger partial charge in [0.2, 0.25) is 5.91 Å². The molecule has 0 spiro atoms. The Morgan fingerprint density at radius 1 is 1.46 bits per heavy atom. The number of aromatic amines is 1. The van der Waals surface area contributed by atoms with Gasteiger partial charge in [-0.25, -0.2) is 9.07 Å². The highest BCUT2D eigenvalue weighted by Gasteiger charge is 2.40. The Labute approximate surface area is 154 Å². The molecule has 3 atom stereocenters. The molecule has 1 aliphatic rings. The van der Waals surface area contributed by atoms with Gasteiger partial charge in [-0.05, 0) is 31.5 Å². The molecule has 26 heavy (non-hydrogen) atoms. The lowest BCUT2D eigenvalue weighted by molar-refractivity contribution is -0.117. The summed E-state index contributed by atoms with van der Waals surface area (Å²) in [5.41, 5.74) is 2.30. The number of carbonyl (C=O) groups excluding carboxylic acids is 1. The van der Waals surface area contributed by atoms with Crippen LogP contribution in [-0.4, -0.2) is 32.1 Å². The molecule has 0 aliphatic heterocycles. The number of nitrogens with one attached hydrogen (secondary N) is 2. The zero-order chi connectivity index (χ0) is 18.3. The summed E-state index contributed by atoms with van der Waals surface area (Å²) in [6.07, 6.45) is 3.15. The van der Waals surface area contributed by atoms with Crippen LogP contribution >= 0.6 is 11.6 Å². The van der Waals surface area contributed by atoms with Crippen LogP contribution in [-0.2, 0) is 4.79 Å². The van der Waals surface area contributed by atoms with E-state index in [0.29, 0.717) is 23.0 Å². The van der Waals surface area contributed by atoms with Gasteiger partial charge in [0.25, 0.3) is 0 Å². The molecular formula is C18H17ClFN5O. The number of alkyl halides is 1. The third kappa shape index (κ3) is 3.35. The van der Waals surface area contributed by atoms with Crippen LogP contribution in [0.4, 0.5) is 10.2 Å². The van der Waals surface area contributed by atoms with Crippen molar-refractivity contribution in [2.24, 2.45) is 0 Å². The van der Waals surface area contributed by atoms with Crippen molar-refractivity contribution in [3.05, 3.63) is 59.0 Å². The summed E-state index contributed by atoms with van der Waals surface area (Å²) in [6.45, 7) is 1.79. The molecule has 6 nitrogen and oxygen atoms in total. The summed E-state index contributed by atoms with van der Waals surface area (Å²) < 4.78 is 14.8. The van der Waals surface area contributed by atoms with E-state index in [4.69, 9.17) is 11.6 Å². The second-order valence-corrected chi connectivity index (χ2v) is 6.91. The van der Waals surface area contributed by atoms with E-state index in [0.717, 1.165) is 11.3 Å². The molecule has 0 unspecified atom stereocenters. The normalized spacial score (nSPS) is 20.0. The van der Waals surface area contributed by atoms with Gasteiger partial charge in [0.05, 0.1) is 17.8 Å². The average Bonchev–Trinajstić information content (AvgIpc) is 3.05. The number of H-pyrrole nitrogens is 1. The van der Waals surface area contributed by atoms with Gasteiger partial charge in [-0.1, -0.05) is 17.7 Å². The standard InChI is InChI=1S/C18H17ClFN5O/c1-10(11-8-21-25(9-11)13-4-2-3-12(19)5-13)18(26)22-17-7-16(23-24-17)14-6-15(14)20/h2-5,7-10,14-15H,6H2,1H3,(H2,22,23,24,26)/t10-,14-,15-/m1/s1. The predicted molar refractivity (Wildman–Crippen MR) is 96.5 cm³/mol. The van der Waals surface area contributed by atoms with Gasteiger partial charge in [-0.3, -0.25) is 9.89 Å². The molecule has 8 heteroatoms. The Bertz CT molecular complexity index is 952. The fourth-order valence-electron chi connectivity index (χ4n) is 2.78. The number of carbonyl (C=O) groups is 1. The minimum atomic E-state index is -0.810. The van der Waals surface area contributed by atoms with E-state index in [1.54, 1.807) is 42.2 Å². The van der Waals surface area contributed by atoms with Crippen molar-refractivity contribution in [3.63, 3.8) is 0 Å². The van der Waals surface area contributed by atoms with Crippen LogP contribution in [0, 0.1) is 0 Å². The number of benzene rings is 1. The molecule has 0 radical (unpaired) electrons.